The van der Waals surface area contributed by atoms with E-state index < -0.39 is 0 Å². The minimum absolute atomic E-state index is 0.0549. The zero-order valence-corrected chi connectivity index (χ0v) is 9.78. The third kappa shape index (κ3) is 2.90. The lowest BCUT2D eigenvalue weighted by Gasteiger charge is -1.95. The van der Waals surface area contributed by atoms with Crippen molar-refractivity contribution < 1.29 is 4.79 Å². The van der Waals surface area contributed by atoms with Gasteiger partial charge in [-0.3, -0.25) is 4.79 Å². The number of nitriles is 1. The van der Waals surface area contributed by atoms with Crippen LogP contribution in [0, 0.1) is 11.3 Å². The number of nitrogens with zero attached hydrogens (tertiary/aromatic N) is 1. The molecule has 0 unspecified atom stereocenters. The molecule has 0 bridgehead atoms. The van der Waals surface area contributed by atoms with E-state index in [-0.39, 0.29) is 5.78 Å². The molecule has 2 nitrogen and oxygen atoms in total. The second kappa shape index (κ2) is 5.24. The quantitative estimate of drug-likeness (QED) is 0.607. The minimum atomic E-state index is -0.0549. The van der Waals surface area contributed by atoms with Crippen molar-refractivity contribution in [2.24, 2.45) is 0 Å². The fraction of sp³-hybridized carbons (Fsp3) is 0. The van der Waals surface area contributed by atoms with Crippen molar-refractivity contribution in [1.82, 2.24) is 0 Å². The van der Waals surface area contributed by atoms with Crippen molar-refractivity contribution in [2.45, 2.75) is 0 Å². The summed E-state index contributed by atoms with van der Waals surface area (Å²) < 4.78 is 0. The fourth-order valence-electron chi connectivity index (χ4n) is 1.35. The molecule has 0 aliphatic heterocycles. The van der Waals surface area contributed by atoms with Gasteiger partial charge in [0.05, 0.1) is 11.6 Å². The lowest BCUT2D eigenvalue weighted by atomic mass is 10.1. The highest BCUT2D eigenvalue weighted by Gasteiger charge is 2.01. The van der Waals surface area contributed by atoms with Crippen molar-refractivity contribution >= 4 is 23.2 Å². The maximum Gasteiger partial charge on any atom is 0.185 e. The molecule has 0 atom stereocenters. The lowest BCUT2D eigenvalue weighted by molar-refractivity contribution is 0.104. The van der Waals surface area contributed by atoms with Crippen LogP contribution in [0.25, 0.3) is 6.08 Å². The van der Waals surface area contributed by atoms with Crippen LogP contribution in [0.15, 0.2) is 47.2 Å². The monoisotopic (exact) mass is 239 g/mol. The van der Waals surface area contributed by atoms with E-state index in [1.807, 2.05) is 22.9 Å². The maximum absolute atomic E-state index is 11.8. The first-order chi connectivity index (χ1) is 8.29. The molecule has 82 valence electrons. The zero-order chi connectivity index (χ0) is 12.1. The molecule has 0 saturated heterocycles. The van der Waals surface area contributed by atoms with Gasteiger partial charge in [-0.05, 0) is 52.7 Å². The number of hydrogen-bond donors (Lipinski definition) is 0. The number of benzene rings is 1. The Balaban J connectivity index is 2.12. The minimum Gasteiger partial charge on any atom is -0.289 e. The molecule has 0 radical (unpaired) electrons. The standard InChI is InChI=1S/C14H9NOS/c15-9-11-1-4-13(5-2-11)14(16)6-3-12-7-8-17-10-12/h1-8,10H. The van der Waals surface area contributed by atoms with Crippen LogP contribution in [0.5, 0.6) is 0 Å². The number of hydrogen-bond acceptors (Lipinski definition) is 3. The Labute approximate surface area is 103 Å². The number of carbonyl (C=O) groups is 1. The first kappa shape index (κ1) is 11.3. The molecule has 2 aromatic rings. The summed E-state index contributed by atoms with van der Waals surface area (Å²) >= 11 is 1.59. The summed E-state index contributed by atoms with van der Waals surface area (Å²) in [6.45, 7) is 0. The first-order valence-electron chi connectivity index (χ1n) is 5.04. The summed E-state index contributed by atoms with van der Waals surface area (Å²) in [7, 11) is 0. The highest BCUT2D eigenvalue weighted by molar-refractivity contribution is 7.08. The molecule has 3 heteroatoms. The van der Waals surface area contributed by atoms with Crippen molar-refractivity contribution in [2.75, 3.05) is 0 Å². The van der Waals surface area contributed by atoms with Gasteiger partial charge in [0, 0.05) is 5.56 Å². The van der Waals surface area contributed by atoms with Gasteiger partial charge in [-0.1, -0.05) is 6.08 Å². The number of ketones is 1. The van der Waals surface area contributed by atoms with Crippen molar-refractivity contribution in [3.05, 3.63) is 63.9 Å². The smallest absolute Gasteiger partial charge is 0.185 e. The predicted molar refractivity (Wildman–Crippen MR) is 68.8 cm³/mol. The molecule has 1 aromatic heterocycles. The Bertz CT molecular complexity index is 574. The SMILES string of the molecule is N#Cc1ccc(C(=O)C=Cc2ccsc2)cc1. The molecular formula is C14H9NOS. The number of carbonyl (C=O) groups excluding carboxylic acids is 1. The van der Waals surface area contributed by atoms with Crippen molar-refractivity contribution in [3.8, 4) is 6.07 Å². The summed E-state index contributed by atoms with van der Waals surface area (Å²) in [5.74, 6) is -0.0549. The third-order valence-electron chi connectivity index (χ3n) is 2.27. The van der Waals surface area contributed by atoms with Gasteiger partial charge in [-0.15, -0.1) is 0 Å². The molecule has 2 rings (SSSR count). The van der Waals surface area contributed by atoms with E-state index in [2.05, 4.69) is 0 Å². The summed E-state index contributed by atoms with van der Waals surface area (Å²) in [6, 6.07) is 10.6. The fourth-order valence-corrected chi connectivity index (χ4v) is 1.98. The highest BCUT2D eigenvalue weighted by Crippen LogP contribution is 2.10. The van der Waals surface area contributed by atoms with Crippen LogP contribution < -0.4 is 0 Å². The average molecular weight is 239 g/mol. The van der Waals surface area contributed by atoms with E-state index in [1.165, 1.54) is 0 Å². The van der Waals surface area contributed by atoms with E-state index in [9.17, 15) is 4.79 Å². The van der Waals surface area contributed by atoms with Gasteiger partial charge < -0.3 is 0 Å². The molecule has 1 heterocycles. The van der Waals surface area contributed by atoms with Crippen LogP contribution >= 0.6 is 11.3 Å². The van der Waals surface area contributed by atoms with E-state index in [1.54, 1.807) is 47.8 Å². The van der Waals surface area contributed by atoms with Crippen LogP contribution in [0.4, 0.5) is 0 Å². The second-order valence-electron chi connectivity index (χ2n) is 3.44. The van der Waals surface area contributed by atoms with Gasteiger partial charge in [-0.25, -0.2) is 0 Å². The Morgan fingerprint density at radius 1 is 1.24 bits per heavy atom. The van der Waals surface area contributed by atoms with E-state index >= 15 is 0 Å². The Morgan fingerprint density at radius 2 is 2.00 bits per heavy atom. The summed E-state index contributed by atoms with van der Waals surface area (Å²) in [4.78, 5) is 11.8. The topological polar surface area (TPSA) is 40.9 Å². The van der Waals surface area contributed by atoms with Gasteiger partial charge in [0.15, 0.2) is 5.78 Å². The number of thiophene rings is 1. The van der Waals surface area contributed by atoms with Gasteiger partial charge in [-0.2, -0.15) is 16.6 Å². The Kier molecular flexibility index (Phi) is 3.49. The number of allylic oxidation sites excluding steroid dienone is 1. The van der Waals surface area contributed by atoms with Crippen molar-refractivity contribution in [1.29, 1.82) is 5.26 Å². The van der Waals surface area contributed by atoms with Crippen LogP contribution in [-0.2, 0) is 0 Å². The summed E-state index contributed by atoms with van der Waals surface area (Å²) in [5.41, 5.74) is 2.18. The van der Waals surface area contributed by atoms with Crippen LogP contribution in [0.3, 0.4) is 0 Å². The second-order valence-corrected chi connectivity index (χ2v) is 4.22. The van der Waals surface area contributed by atoms with Gasteiger partial charge in [0.25, 0.3) is 0 Å². The molecule has 1 aromatic carbocycles. The van der Waals surface area contributed by atoms with E-state index in [0.717, 1.165) is 5.56 Å². The highest BCUT2D eigenvalue weighted by atomic mass is 32.1. The Morgan fingerprint density at radius 3 is 2.59 bits per heavy atom. The maximum atomic E-state index is 11.8. The molecule has 0 N–H and O–H groups in total. The molecule has 0 fully saturated rings. The average Bonchev–Trinajstić information content (AvgIpc) is 2.89. The molecular weight excluding hydrogens is 230 g/mol. The van der Waals surface area contributed by atoms with E-state index in [0.29, 0.717) is 11.1 Å². The molecule has 0 amide bonds. The first-order valence-corrected chi connectivity index (χ1v) is 5.98. The lowest BCUT2D eigenvalue weighted by Crippen LogP contribution is -1.93. The Hall–Kier alpha value is -2.18. The van der Waals surface area contributed by atoms with Crippen LogP contribution in [0.1, 0.15) is 21.5 Å². The largest absolute Gasteiger partial charge is 0.289 e. The van der Waals surface area contributed by atoms with Gasteiger partial charge in [0.1, 0.15) is 0 Å². The normalized spacial score (nSPS) is 10.3. The van der Waals surface area contributed by atoms with E-state index in [4.69, 9.17) is 5.26 Å². The van der Waals surface area contributed by atoms with Crippen molar-refractivity contribution in [3.63, 3.8) is 0 Å². The van der Waals surface area contributed by atoms with Crippen LogP contribution in [0.2, 0.25) is 0 Å². The summed E-state index contributed by atoms with van der Waals surface area (Å²) in [5, 5.41) is 12.6. The van der Waals surface area contributed by atoms with Crippen LogP contribution in [-0.4, -0.2) is 5.78 Å². The molecule has 0 spiro atoms. The van der Waals surface area contributed by atoms with Gasteiger partial charge in [0.2, 0.25) is 0 Å². The molecule has 17 heavy (non-hydrogen) atoms. The zero-order valence-electron chi connectivity index (χ0n) is 8.96. The van der Waals surface area contributed by atoms with Gasteiger partial charge >= 0.3 is 0 Å². The molecule has 0 aliphatic rings. The third-order valence-corrected chi connectivity index (χ3v) is 2.97. The molecule has 0 aliphatic carbocycles. The predicted octanol–water partition coefficient (Wildman–Crippen LogP) is 3.52. The summed E-state index contributed by atoms with van der Waals surface area (Å²) in [6.07, 6.45) is 3.33. The molecule has 0 saturated carbocycles. The number of rotatable bonds is 3.